The zero-order valence-corrected chi connectivity index (χ0v) is 23.7. The molecular weight excluding hydrogens is 608 g/mol. The quantitative estimate of drug-likeness (QED) is 0.0750. The molecule has 1 fully saturated rings. The number of esters is 2. The van der Waals surface area contributed by atoms with Crippen LogP contribution in [0.15, 0.2) is 41.6 Å². The fourth-order valence-electron chi connectivity index (χ4n) is 4.28. The number of benzene rings is 2. The maximum Gasteiger partial charge on any atom is 0.340 e. The van der Waals surface area contributed by atoms with Gasteiger partial charge in [0.15, 0.2) is 52.5 Å². The van der Waals surface area contributed by atoms with Crippen LogP contribution in [0.2, 0.25) is 0 Å². The number of phenols is 6. The lowest BCUT2D eigenvalue weighted by atomic mass is 9.97. The molecule has 45 heavy (non-hydrogen) atoms. The van der Waals surface area contributed by atoms with E-state index in [1.165, 1.54) is 7.11 Å². The summed E-state index contributed by atoms with van der Waals surface area (Å²) in [5.41, 5.74) is -1.38. The van der Waals surface area contributed by atoms with Crippen molar-refractivity contribution in [3.63, 3.8) is 0 Å². The topological polar surface area (TPSA) is 294 Å². The van der Waals surface area contributed by atoms with Crippen LogP contribution in [0.4, 0.5) is 0 Å². The van der Waals surface area contributed by atoms with E-state index >= 15 is 0 Å². The number of phenolic OH excluding ortho intramolecular Hbond substituents is 6. The van der Waals surface area contributed by atoms with Crippen molar-refractivity contribution < 1.29 is 84.7 Å². The fraction of sp³-hybridized carbons (Fsp3) is 0.357. The molecule has 17 nitrogen and oxygen atoms in total. The number of methoxy groups -OCH3 is 1. The van der Waals surface area contributed by atoms with Crippen molar-refractivity contribution in [1.29, 1.82) is 0 Å². The van der Waals surface area contributed by atoms with Crippen molar-refractivity contribution in [2.45, 2.75) is 50.5 Å². The molecule has 2 aromatic rings. The molecule has 0 bridgehead atoms. The van der Waals surface area contributed by atoms with Gasteiger partial charge in [0.25, 0.3) is 0 Å². The molecule has 0 spiro atoms. The van der Waals surface area contributed by atoms with Gasteiger partial charge in [0.05, 0.1) is 17.7 Å². The average molecular weight is 641 g/mol. The molecule has 0 aliphatic carbocycles. The van der Waals surface area contributed by atoms with E-state index in [4.69, 9.17) is 18.9 Å². The van der Waals surface area contributed by atoms with Crippen LogP contribution in [0.5, 0.6) is 34.5 Å². The van der Waals surface area contributed by atoms with E-state index in [2.05, 4.69) is 0 Å². The number of allylic oxidation sites excluding steroid dienone is 2. The highest BCUT2D eigenvalue weighted by atomic mass is 16.7. The minimum Gasteiger partial charge on any atom is -0.509 e. The van der Waals surface area contributed by atoms with Crippen LogP contribution in [-0.2, 0) is 25.4 Å². The Morgan fingerprint density at radius 3 is 2.02 bits per heavy atom. The first-order chi connectivity index (χ1) is 21.1. The van der Waals surface area contributed by atoms with Gasteiger partial charge in [0, 0.05) is 12.7 Å². The molecule has 0 aromatic heterocycles. The Bertz CT molecular complexity index is 1470. The highest BCUT2D eigenvalue weighted by Crippen LogP contribution is 2.41. The van der Waals surface area contributed by atoms with Crippen molar-refractivity contribution in [2.75, 3.05) is 13.7 Å². The third-order valence-corrected chi connectivity index (χ3v) is 6.64. The maximum atomic E-state index is 13.3. The van der Waals surface area contributed by atoms with E-state index in [0.717, 1.165) is 31.2 Å². The van der Waals surface area contributed by atoms with Crippen LogP contribution in [0, 0.1) is 0 Å². The Labute approximate surface area is 253 Å². The molecule has 1 aliphatic heterocycles. The third-order valence-electron chi connectivity index (χ3n) is 6.64. The van der Waals surface area contributed by atoms with Gasteiger partial charge >= 0.3 is 11.9 Å². The van der Waals surface area contributed by atoms with E-state index in [1.54, 1.807) is 0 Å². The lowest BCUT2D eigenvalue weighted by Crippen LogP contribution is -2.61. The van der Waals surface area contributed by atoms with Gasteiger partial charge in [-0.25, -0.2) is 9.59 Å². The third kappa shape index (κ3) is 7.52. The second kappa shape index (κ2) is 14.1. The number of aliphatic hydroxyl groups excluding tert-OH is 5. The highest BCUT2D eigenvalue weighted by molar-refractivity contribution is 5.93. The number of aliphatic hydroxyl groups is 5. The summed E-state index contributed by atoms with van der Waals surface area (Å²) in [5, 5.41) is 110. The van der Waals surface area contributed by atoms with Crippen molar-refractivity contribution in [1.82, 2.24) is 0 Å². The maximum absolute atomic E-state index is 13.3. The zero-order valence-electron chi connectivity index (χ0n) is 23.7. The normalized spacial score (nSPS) is 22.4. The van der Waals surface area contributed by atoms with Crippen molar-refractivity contribution in [2.24, 2.45) is 0 Å². The van der Waals surface area contributed by atoms with E-state index in [9.17, 15) is 65.8 Å². The summed E-state index contributed by atoms with van der Waals surface area (Å²) in [5.74, 6) is -10.4. The van der Waals surface area contributed by atoms with Gasteiger partial charge in [0.2, 0.25) is 12.0 Å². The summed E-state index contributed by atoms with van der Waals surface area (Å²) in [6, 6.07) is 2.21. The molecule has 246 valence electrons. The van der Waals surface area contributed by atoms with Crippen molar-refractivity contribution in [3.8, 4) is 34.5 Å². The van der Waals surface area contributed by atoms with Crippen LogP contribution in [0.1, 0.15) is 39.6 Å². The van der Waals surface area contributed by atoms with Crippen LogP contribution in [-0.4, -0.2) is 113 Å². The molecule has 0 amide bonds. The van der Waals surface area contributed by atoms with Crippen molar-refractivity contribution >= 4 is 11.9 Å². The predicted molar refractivity (Wildman–Crippen MR) is 147 cm³/mol. The van der Waals surface area contributed by atoms with E-state index in [-0.39, 0.29) is 25.0 Å². The van der Waals surface area contributed by atoms with Crippen LogP contribution in [0.3, 0.4) is 0 Å². The molecule has 0 saturated carbocycles. The number of hydrogen-bond acceptors (Lipinski definition) is 17. The van der Waals surface area contributed by atoms with Gasteiger partial charge < -0.3 is 75.1 Å². The van der Waals surface area contributed by atoms with Gasteiger partial charge in [-0.1, -0.05) is 0 Å². The SMILES string of the molecule is COC[C@H]1O[C@@H](OC(=O)c2cc(O)c(O)c(O)c2)[C@H](O)[C@@H](OC(=O)c2cc(O)c(O)c(O)c2CC/C=C(O)\C(O)=C(/C)O)[C@@H]1O. The molecule has 3 rings (SSSR count). The molecule has 0 radical (unpaired) electrons. The predicted octanol–water partition coefficient (Wildman–Crippen LogP) is 1.12. The fourth-order valence-corrected chi connectivity index (χ4v) is 4.28. The smallest absolute Gasteiger partial charge is 0.340 e. The first kappa shape index (κ1) is 34.4. The van der Waals surface area contributed by atoms with E-state index in [1.807, 2.05) is 0 Å². The molecule has 1 heterocycles. The monoisotopic (exact) mass is 640 g/mol. The highest BCUT2D eigenvalue weighted by Gasteiger charge is 2.49. The Morgan fingerprint density at radius 2 is 1.44 bits per heavy atom. The van der Waals surface area contributed by atoms with Gasteiger partial charge in [-0.3, -0.25) is 0 Å². The summed E-state index contributed by atoms with van der Waals surface area (Å²) in [6.45, 7) is 0.732. The molecule has 5 atom stereocenters. The minimum absolute atomic E-state index is 0.208. The first-order valence-corrected chi connectivity index (χ1v) is 13.0. The standard InChI is InChI=1S/C28H32O17/c1-10(29)19(34)14(30)5-3-4-12-13(8-17(33)22(37)20(12)35)27(41)44-25-23(38)18(9-42-2)43-28(24(25)39)45-26(40)11-6-15(31)21(36)16(32)7-11/h5-8,18,23-25,28-39H,3-4,9H2,1-2H3/b14-5+,19-10-/t18-,23-,24-,25+,28+/m1/s1. The molecule has 0 unspecified atom stereocenters. The summed E-state index contributed by atoms with van der Waals surface area (Å²) >= 11 is 0. The Morgan fingerprint density at radius 1 is 0.844 bits per heavy atom. The number of hydrogen-bond donors (Lipinski definition) is 11. The Hall–Kier alpha value is -5.10. The Balaban J connectivity index is 1.91. The van der Waals surface area contributed by atoms with Crippen LogP contribution >= 0.6 is 0 Å². The van der Waals surface area contributed by atoms with E-state index < -0.39 is 106 Å². The second-order valence-electron chi connectivity index (χ2n) is 9.80. The molecule has 11 N–H and O–H groups in total. The Kier molecular flexibility index (Phi) is 10.8. The molecule has 17 heteroatoms. The summed E-state index contributed by atoms with van der Waals surface area (Å²) in [7, 11) is 1.23. The minimum atomic E-state index is -2.08. The van der Waals surface area contributed by atoms with Gasteiger partial charge in [-0.05, 0) is 44.0 Å². The molecule has 1 saturated heterocycles. The average Bonchev–Trinajstić information content (AvgIpc) is 2.99. The van der Waals surface area contributed by atoms with E-state index in [0.29, 0.717) is 0 Å². The number of aromatic hydroxyl groups is 6. The second-order valence-corrected chi connectivity index (χ2v) is 9.80. The van der Waals surface area contributed by atoms with Crippen molar-refractivity contribution in [3.05, 3.63) is 58.2 Å². The molecule has 1 aliphatic rings. The zero-order chi connectivity index (χ0) is 33.7. The summed E-state index contributed by atoms with van der Waals surface area (Å²) in [4.78, 5) is 26.0. The van der Waals surface area contributed by atoms with Gasteiger partial charge in [-0.2, -0.15) is 0 Å². The number of carbonyl (C=O) groups excluding carboxylic acids is 2. The number of rotatable bonds is 10. The first-order valence-electron chi connectivity index (χ1n) is 13.0. The van der Waals surface area contributed by atoms with Crippen LogP contribution in [0.25, 0.3) is 0 Å². The summed E-state index contributed by atoms with van der Waals surface area (Å²) < 4.78 is 20.8. The molecular formula is C28H32O17. The van der Waals surface area contributed by atoms with Gasteiger partial charge in [-0.15, -0.1) is 0 Å². The van der Waals surface area contributed by atoms with Crippen LogP contribution < -0.4 is 0 Å². The lowest BCUT2D eigenvalue weighted by Gasteiger charge is -2.41. The van der Waals surface area contributed by atoms with Gasteiger partial charge in [0.1, 0.15) is 18.0 Å². The summed E-state index contributed by atoms with van der Waals surface area (Å²) in [6.07, 6.45) is -8.64. The number of carbonyl (C=O) groups is 2. The lowest BCUT2D eigenvalue weighted by molar-refractivity contribution is -0.285. The number of ether oxygens (including phenoxy) is 4. The molecule has 2 aromatic carbocycles. The largest absolute Gasteiger partial charge is 0.509 e.